The number of methoxy groups -OCH3 is 2. The van der Waals surface area contributed by atoms with Crippen molar-refractivity contribution in [3.63, 3.8) is 0 Å². The molecule has 0 radical (unpaired) electrons. The molecule has 1 aromatic carbocycles. The summed E-state index contributed by atoms with van der Waals surface area (Å²) in [7, 11) is 3.32. The molecule has 1 heterocycles. The minimum Gasteiger partial charge on any atom is -0.493 e. The molecule has 4 heteroatoms. The van der Waals surface area contributed by atoms with Crippen LogP contribution in [-0.4, -0.2) is 25.7 Å². The van der Waals surface area contributed by atoms with Crippen molar-refractivity contribution in [2.75, 3.05) is 20.8 Å². The first-order valence-corrected chi connectivity index (χ1v) is 6.89. The second-order valence-electron chi connectivity index (χ2n) is 4.62. The molecule has 4 nitrogen and oxygen atoms in total. The minimum absolute atomic E-state index is 0.747. The van der Waals surface area contributed by atoms with Crippen LogP contribution in [0, 0.1) is 0 Å². The quantitative estimate of drug-likeness (QED) is 0.762. The molecule has 0 unspecified atom stereocenters. The van der Waals surface area contributed by atoms with Crippen molar-refractivity contribution in [1.29, 1.82) is 0 Å². The van der Waals surface area contributed by atoms with E-state index in [1.807, 2.05) is 24.4 Å². The van der Waals surface area contributed by atoms with Gasteiger partial charge in [0.15, 0.2) is 11.5 Å². The van der Waals surface area contributed by atoms with Gasteiger partial charge >= 0.3 is 0 Å². The molecule has 0 aliphatic rings. The second kappa shape index (κ2) is 7.01. The summed E-state index contributed by atoms with van der Waals surface area (Å²) in [4.78, 5) is 3.25. The van der Waals surface area contributed by atoms with Crippen LogP contribution in [0.2, 0.25) is 0 Å². The van der Waals surface area contributed by atoms with E-state index in [0.29, 0.717) is 0 Å². The molecule has 0 amide bonds. The SMILES string of the molecule is CCCNCc1cc(OC)c(OC)cc1-c1ccc[nH]1. The van der Waals surface area contributed by atoms with Crippen molar-refractivity contribution in [1.82, 2.24) is 10.3 Å². The lowest BCUT2D eigenvalue weighted by molar-refractivity contribution is 0.354. The first kappa shape index (κ1) is 14.5. The van der Waals surface area contributed by atoms with Gasteiger partial charge in [-0.05, 0) is 42.8 Å². The Bertz CT molecular complexity index is 536. The number of ether oxygens (including phenoxy) is 2. The molecule has 1 aromatic heterocycles. The van der Waals surface area contributed by atoms with Crippen LogP contribution in [-0.2, 0) is 6.54 Å². The minimum atomic E-state index is 0.747. The second-order valence-corrected chi connectivity index (χ2v) is 4.62. The van der Waals surface area contributed by atoms with Crippen LogP contribution < -0.4 is 14.8 Å². The highest BCUT2D eigenvalue weighted by atomic mass is 16.5. The first-order valence-electron chi connectivity index (χ1n) is 6.89. The maximum Gasteiger partial charge on any atom is 0.161 e. The standard InChI is InChI=1S/C16H22N2O2/c1-4-7-17-11-12-9-15(19-2)16(20-3)10-13(12)14-6-5-8-18-14/h5-6,8-10,17-18H,4,7,11H2,1-3H3. The Kier molecular flexibility index (Phi) is 5.07. The van der Waals surface area contributed by atoms with Crippen LogP contribution in [0.1, 0.15) is 18.9 Å². The smallest absolute Gasteiger partial charge is 0.161 e. The predicted molar refractivity (Wildman–Crippen MR) is 81.3 cm³/mol. The van der Waals surface area contributed by atoms with Crippen molar-refractivity contribution in [3.05, 3.63) is 36.0 Å². The summed E-state index contributed by atoms with van der Waals surface area (Å²) in [6.07, 6.45) is 3.04. The van der Waals surface area contributed by atoms with Crippen molar-refractivity contribution in [3.8, 4) is 22.8 Å². The van der Waals surface area contributed by atoms with Crippen molar-refractivity contribution >= 4 is 0 Å². The van der Waals surface area contributed by atoms with Gasteiger partial charge in [-0.15, -0.1) is 0 Å². The molecule has 0 bridgehead atoms. The largest absolute Gasteiger partial charge is 0.493 e. The van der Waals surface area contributed by atoms with E-state index in [1.54, 1.807) is 14.2 Å². The fourth-order valence-corrected chi connectivity index (χ4v) is 2.22. The van der Waals surface area contributed by atoms with Gasteiger partial charge in [0.05, 0.1) is 14.2 Å². The molecule has 2 aromatic rings. The molecule has 2 N–H and O–H groups in total. The fraction of sp³-hybridized carbons (Fsp3) is 0.375. The summed E-state index contributed by atoms with van der Waals surface area (Å²) in [5, 5.41) is 3.43. The third-order valence-electron chi connectivity index (χ3n) is 3.24. The first-order chi connectivity index (χ1) is 9.80. The molecule has 108 valence electrons. The van der Waals surface area contributed by atoms with Gasteiger partial charge in [0.1, 0.15) is 0 Å². The average Bonchev–Trinajstić information content (AvgIpc) is 3.01. The number of aromatic nitrogens is 1. The Morgan fingerprint density at radius 2 is 1.90 bits per heavy atom. The number of benzene rings is 1. The van der Waals surface area contributed by atoms with Crippen LogP contribution in [0.15, 0.2) is 30.5 Å². The number of rotatable bonds is 7. The van der Waals surface area contributed by atoms with Gasteiger partial charge in [-0.2, -0.15) is 0 Å². The predicted octanol–water partition coefficient (Wildman–Crippen LogP) is 3.20. The number of hydrogen-bond acceptors (Lipinski definition) is 3. The molecule has 0 fully saturated rings. The van der Waals surface area contributed by atoms with E-state index >= 15 is 0 Å². The molecular weight excluding hydrogens is 252 g/mol. The Morgan fingerprint density at radius 1 is 1.15 bits per heavy atom. The van der Waals surface area contributed by atoms with E-state index in [1.165, 1.54) is 5.56 Å². The van der Waals surface area contributed by atoms with E-state index in [0.717, 1.165) is 42.3 Å². The molecule has 0 saturated carbocycles. The number of nitrogens with one attached hydrogen (secondary N) is 2. The summed E-state index contributed by atoms with van der Waals surface area (Å²) in [6, 6.07) is 8.12. The molecule has 2 rings (SSSR count). The summed E-state index contributed by atoms with van der Waals surface area (Å²) in [5.74, 6) is 1.51. The van der Waals surface area contributed by atoms with Crippen LogP contribution in [0.5, 0.6) is 11.5 Å². The van der Waals surface area contributed by atoms with Crippen LogP contribution in [0.3, 0.4) is 0 Å². The van der Waals surface area contributed by atoms with Gasteiger partial charge in [-0.1, -0.05) is 6.92 Å². The van der Waals surface area contributed by atoms with Gasteiger partial charge in [-0.25, -0.2) is 0 Å². The summed E-state index contributed by atoms with van der Waals surface area (Å²) >= 11 is 0. The van der Waals surface area contributed by atoms with E-state index in [4.69, 9.17) is 9.47 Å². The average molecular weight is 274 g/mol. The fourth-order valence-electron chi connectivity index (χ4n) is 2.22. The number of hydrogen-bond donors (Lipinski definition) is 2. The summed E-state index contributed by atoms with van der Waals surface area (Å²) < 4.78 is 10.8. The Hall–Kier alpha value is -1.94. The van der Waals surface area contributed by atoms with Crippen LogP contribution in [0.4, 0.5) is 0 Å². The zero-order chi connectivity index (χ0) is 14.4. The molecular formula is C16H22N2O2. The van der Waals surface area contributed by atoms with E-state index in [9.17, 15) is 0 Å². The number of aromatic amines is 1. The Labute approximate surface area is 120 Å². The van der Waals surface area contributed by atoms with E-state index in [2.05, 4.69) is 23.3 Å². The van der Waals surface area contributed by atoms with Gasteiger partial charge in [0.2, 0.25) is 0 Å². The topological polar surface area (TPSA) is 46.3 Å². The Balaban J connectivity index is 2.40. The van der Waals surface area contributed by atoms with E-state index in [-0.39, 0.29) is 0 Å². The van der Waals surface area contributed by atoms with Gasteiger partial charge in [-0.3, -0.25) is 0 Å². The third kappa shape index (κ3) is 3.14. The normalized spacial score (nSPS) is 10.6. The van der Waals surface area contributed by atoms with Crippen molar-refractivity contribution in [2.45, 2.75) is 19.9 Å². The molecule has 0 aliphatic heterocycles. The monoisotopic (exact) mass is 274 g/mol. The van der Waals surface area contributed by atoms with Crippen LogP contribution in [0.25, 0.3) is 11.3 Å². The molecule has 0 atom stereocenters. The molecule has 20 heavy (non-hydrogen) atoms. The summed E-state index contributed by atoms with van der Waals surface area (Å²) in [5.41, 5.74) is 3.41. The van der Waals surface area contributed by atoms with E-state index < -0.39 is 0 Å². The zero-order valence-electron chi connectivity index (χ0n) is 12.3. The Morgan fingerprint density at radius 3 is 2.50 bits per heavy atom. The highest BCUT2D eigenvalue weighted by Crippen LogP contribution is 2.35. The molecule has 0 saturated heterocycles. The maximum absolute atomic E-state index is 5.40. The van der Waals surface area contributed by atoms with Gasteiger partial charge < -0.3 is 19.8 Å². The zero-order valence-corrected chi connectivity index (χ0v) is 12.3. The molecule has 0 spiro atoms. The van der Waals surface area contributed by atoms with Crippen molar-refractivity contribution in [2.24, 2.45) is 0 Å². The lowest BCUT2D eigenvalue weighted by atomic mass is 10.0. The van der Waals surface area contributed by atoms with Crippen LogP contribution >= 0.6 is 0 Å². The highest BCUT2D eigenvalue weighted by molar-refractivity contribution is 5.68. The lowest BCUT2D eigenvalue weighted by Gasteiger charge is -2.15. The van der Waals surface area contributed by atoms with Gasteiger partial charge in [0.25, 0.3) is 0 Å². The highest BCUT2D eigenvalue weighted by Gasteiger charge is 2.12. The summed E-state index contributed by atoms with van der Waals surface area (Å²) in [6.45, 7) is 3.97. The lowest BCUT2D eigenvalue weighted by Crippen LogP contribution is -2.14. The number of H-pyrrole nitrogens is 1. The van der Waals surface area contributed by atoms with Crippen molar-refractivity contribution < 1.29 is 9.47 Å². The third-order valence-corrected chi connectivity index (χ3v) is 3.24. The molecule has 0 aliphatic carbocycles. The van der Waals surface area contributed by atoms with Gasteiger partial charge in [0, 0.05) is 24.0 Å². The maximum atomic E-state index is 5.40.